The van der Waals surface area contributed by atoms with Crippen LogP contribution in [-0.4, -0.2) is 26.2 Å². The molecule has 0 saturated carbocycles. The molecule has 0 saturated heterocycles. The third-order valence-corrected chi connectivity index (χ3v) is 5.09. The van der Waals surface area contributed by atoms with Crippen molar-refractivity contribution in [2.45, 2.75) is 0 Å². The highest BCUT2D eigenvalue weighted by Gasteiger charge is 2.19. The highest BCUT2D eigenvalue weighted by Crippen LogP contribution is 2.34. The fraction of sp³-hybridized carbons (Fsp3) is 0.0769. The Labute approximate surface area is 174 Å². The first kappa shape index (κ1) is 19.4. The van der Waals surface area contributed by atoms with Crippen LogP contribution in [0.15, 0.2) is 84.9 Å². The van der Waals surface area contributed by atoms with Crippen LogP contribution in [0.3, 0.4) is 0 Å². The van der Waals surface area contributed by atoms with E-state index in [1.165, 1.54) is 14.2 Å². The molecule has 0 aromatic heterocycles. The highest BCUT2D eigenvalue weighted by atomic mass is 16.5. The Balaban J connectivity index is 2.03. The van der Waals surface area contributed by atoms with Gasteiger partial charge in [-0.1, -0.05) is 60.7 Å². The molecular weight excluding hydrogens is 376 g/mol. The Kier molecular flexibility index (Phi) is 5.31. The second-order valence-corrected chi connectivity index (χ2v) is 6.86. The minimum atomic E-state index is -0.408. The minimum Gasteiger partial charge on any atom is -0.465 e. The van der Waals surface area contributed by atoms with Crippen molar-refractivity contribution in [3.8, 4) is 22.3 Å². The molecule has 4 nitrogen and oxygen atoms in total. The Bertz CT molecular complexity index is 1130. The number of rotatable bonds is 4. The van der Waals surface area contributed by atoms with Crippen LogP contribution in [0.4, 0.5) is 0 Å². The zero-order valence-electron chi connectivity index (χ0n) is 16.7. The van der Waals surface area contributed by atoms with Gasteiger partial charge < -0.3 is 9.47 Å². The smallest absolute Gasteiger partial charge is 0.338 e. The molecule has 0 spiro atoms. The lowest BCUT2D eigenvalue weighted by atomic mass is 9.91. The molecule has 4 heteroatoms. The van der Waals surface area contributed by atoms with Crippen molar-refractivity contribution < 1.29 is 19.1 Å². The van der Waals surface area contributed by atoms with E-state index in [2.05, 4.69) is 0 Å². The third kappa shape index (κ3) is 3.55. The lowest BCUT2D eigenvalue weighted by Crippen LogP contribution is -2.06. The summed E-state index contributed by atoms with van der Waals surface area (Å²) in [5.74, 6) is -0.817. The maximum absolute atomic E-state index is 12.5. The van der Waals surface area contributed by atoms with Gasteiger partial charge >= 0.3 is 11.9 Å². The van der Waals surface area contributed by atoms with E-state index in [1.54, 1.807) is 0 Å². The fourth-order valence-corrected chi connectivity index (χ4v) is 3.62. The normalized spacial score (nSPS) is 10.6. The molecule has 0 aliphatic heterocycles. The summed E-state index contributed by atoms with van der Waals surface area (Å²) in [6.07, 6.45) is 0. The number of hydrogen-bond acceptors (Lipinski definition) is 4. The van der Waals surface area contributed by atoms with E-state index in [0.717, 1.165) is 33.0 Å². The molecule has 0 aliphatic rings. The molecule has 0 unspecified atom stereocenters. The molecule has 0 radical (unpaired) electrons. The van der Waals surface area contributed by atoms with Gasteiger partial charge in [0.25, 0.3) is 0 Å². The Morgan fingerprint density at radius 2 is 0.933 bits per heavy atom. The number of hydrogen-bond donors (Lipinski definition) is 0. The monoisotopic (exact) mass is 396 g/mol. The summed E-state index contributed by atoms with van der Waals surface area (Å²) in [6, 6.07) is 26.7. The van der Waals surface area contributed by atoms with E-state index in [-0.39, 0.29) is 0 Å². The molecular formula is C26H20O4. The Morgan fingerprint density at radius 1 is 0.567 bits per heavy atom. The van der Waals surface area contributed by atoms with Crippen molar-refractivity contribution in [1.82, 2.24) is 0 Å². The van der Waals surface area contributed by atoms with Crippen LogP contribution in [0.25, 0.3) is 33.0 Å². The van der Waals surface area contributed by atoms with Crippen molar-refractivity contribution in [3.05, 3.63) is 96.1 Å². The van der Waals surface area contributed by atoms with Gasteiger partial charge in [0.15, 0.2) is 0 Å². The molecule has 30 heavy (non-hydrogen) atoms. The Morgan fingerprint density at radius 3 is 1.27 bits per heavy atom. The summed E-state index contributed by atoms with van der Waals surface area (Å²) < 4.78 is 10.1. The van der Waals surface area contributed by atoms with Crippen LogP contribution in [0.5, 0.6) is 0 Å². The van der Waals surface area contributed by atoms with Gasteiger partial charge in [0.1, 0.15) is 0 Å². The number of esters is 2. The second kappa shape index (κ2) is 8.21. The zero-order valence-corrected chi connectivity index (χ0v) is 16.7. The van der Waals surface area contributed by atoms with Gasteiger partial charge in [0, 0.05) is 0 Å². The van der Waals surface area contributed by atoms with E-state index >= 15 is 0 Å². The molecule has 0 fully saturated rings. The molecule has 4 rings (SSSR count). The fourth-order valence-electron chi connectivity index (χ4n) is 3.62. The molecule has 0 amide bonds. The molecule has 0 atom stereocenters. The quantitative estimate of drug-likeness (QED) is 0.412. The number of carbonyl (C=O) groups excluding carboxylic acids is 2. The first-order valence-electron chi connectivity index (χ1n) is 9.51. The summed E-state index contributed by atoms with van der Waals surface area (Å²) in [5, 5.41) is 1.67. The predicted octanol–water partition coefficient (Wildman–Crippen LogP) is 5.75. The standard InChI is InChI=1S/C26H20O4/c1-29-25(27)23-15-19-14-22(18-11-7-4-8-12-18)24(26(28)30-2)16-20(19)13-21(23)17-9-5-3-6-10-17/h3-16H,1-2H3. The van der Waals surface area contributed by atoms with Gasteiger partial charge in [-0.2, -0.15) is 0 Å². The lowest BCUT2D eigenvalue weighted by molar-refractivity contribution is 0.0592. The summed E-state index contributed by atoms with van der Waals surface area (Å²) in [7, 11) is 2.74. The number of methoxy groups -OCH3 is 2. The van der Waals surface area contributed by atoms with E-state index in [1.807, 2.05) is 84.9 Å². The SMILES string of the molecule is COC(=O)c1cc2cc(-c3ccccc3)c(C(=O)OC)cc2cc1-c1ccccc1. The van der Waals surface area contributed by atoms with Crippen molar-refractivity contribution in [2.75, 3.05) is 14.2 Å². The number of benzene rings is 4. The average molecular weight is 396 g/mol. The predicted molar refractivity (Wildman–Crippen MR) is 117 cm³/mol. The summed E-state index contributed by atoms with van der Waals surface area (Å²) >= 11 is 0. The van der Waals surface area contributed by atoms with Crippen LogP contribution in [0.1, 0.15) is 20.7 Å². The Hall–Kier alpha value is -3.92. The maximum atomic E-state index is 12.5. The molecule has 0 N–H and O–H groups in total. The zero-order chi connectivity index (χ0) is 21.1. The van der Waals surface area contributed by atoms with Crippen molar-refractivity contribution >= 4 is 22.7 Å². The van der Waals surface area contributed by atoms with E-state index in [4.69, 9.17) is 9.47 Å². The molecule has 0 aliphatic carbocycles. The first-order chi connectivity index (χ1) is 14.6. The molecule has 4 aromatic rings. The van der Waals surface area contributed by atoms with E-state index in [9.17, 15) is 9.59 Å². The van der Waals surface area contributed by atoms with Crippen LogP contribution in [-0.2, 0) is 9.47 Å². The van der Waals surface area contributed by atoms with Gasteiger partial charge in [-0.05, 0) is 57.3 Å². The first-order valence-corrected chi connectivity index (χ1v) is 9.51. The van der Waals surface area contributed by atoms with Crippen LogP contribution >= 0.6 is 0 Å². The van der Waals surface area contributed by atoms with Crippen molar-refractivity contribution in [1.29, 1.82) is 0 Å². The minimum absolute atomic E-state index is 0.408. The molecule has 148 valence electrons. The van der Waals surface area contributed by atoms with Crippen LogP contribution in [0, 0.1) is 0 Å². The molecule has 0 heterocycles. The van der Waals surface area contributed by atoms with E-state index < -0.39 is 11.9 Å². The number of carbonyl (C=O) groups is 2. The van der Waals surface area contributed by atoms with Crippen LogP contribution < -0.4 is 0 Å². The van der Waals surface area contributed by atoms with Crippen LogP contribution in [0.2, 0.25) is 0 Å². The highest BCUT2D eigenvalue weighted by molar-refractivity contribution is 6.07. The van der Waals surface area contributed by atoms with Crippen molar-refractivity contribution in [3.63, 3.8) is 0 Å². The summed E-state index contributed by atoms with van der Waals surface area (Å²) in [6.45, 7) is 0. The average Bonchev–Trinajstić information content (AvgIpc) is 2.82. The topological polar surface area (TPSA) is 52.6 Å². The lowest BCUT2D eigenvalue weighted by Gasteiger charge is -2.14. The van der Waals surface area contributed by atoms with Gasteiger partial charge in [0.2, 0.25) is 0 Å². The third-order valence-electron chi connectivity index (χ3n) is 5.09. The van der Waals surface area contributed by atoms with Gasteiger partial charge in [-0.3, -0.25) is 0 Å². The van der Waals surface area contributed by atoms with Gasteiger partial charge in [0.05, 0.1) is 25.3 Å². The number of ether oxygens (including phenoxy) is 2. The van der Waals surface area contributed by atoms with Gasteiger partial charge in [-0.15, -0.1) is 0 Å². The maximum Gasteiger partial charge on any atom is 0.338 e. The molecule has 4 aromatic carbocycles. The molecule has 0 bridgehead atoms. The largest absolute Gasteiger partial charge is 0.465 e. The number of fused-ring (bicyclic) bond motifs is 1. The summed E-state index contributed by atoms with van der Waals surface area (Å²) in [4.78, 5) is 25.1. The second-order valence-electron chi connectivity index (χ2n) is 6.86. The van der Waals surface area contributed by atoms with E-state index in [0.29, 0.717) is 11.1 Å². The van der Waals surface area contributed by atoms with Crippen molar-refractivity contribution in [2.24, 2.45) is 0 Å². The van der Waals surface area contributed by atoms with Gasteiger partial charge in [-0.25, -0.2) is 9.59 Å². The summed E-state index contributed by atoms with van der Waals surface area (Å²) in [5.41, 5.74) is 4.23.